The molecule has 2 heteroatoms. The largest absolute Gasteiger partial charge is 0.508 e. The zero-order valence-electron chi connectivity index (χ0n) is 23.4. The Morgan fingerprint density at radius 2 is 1.03 bits per heavy atom. The number of hydrogen-bond acceptors (Lipinski definition) is 2. The minimum Gasteiger partial charge on any atom is -0.508 e. The summed E-state index contributed by atoms with van der Waals surface area (Å²) in [5.74, 6) is 2.09. The van der Waals surface area contributed by atoms with Crippen LogP contribution in [-0.4, -0.2) is 5.11 Å². The van der Waals surface area contributed by atoms with Crippen molar-refractivity contribution in [2.75, 3.05) is 0 Å². The number of hydrogen-bond donors (Lipinski definition) is 1. The molecule has 0 bridgehead atoms. The van der Waals surface area contributed by atoms with Crippen molar-refractivity contribution in [3.8, 4) is 39.5 Å². The molecule has 0 aliphatic carbocycles. The third kappa shape index (κ3) is 4.44. The van der Waals surface area contributed by atoms with E-state index in [1.54, 1.807) is 12.1 Å². The summed E-state index contributed by atoms with van der Waals surface area (Å²) in [5.41, 5.74) is 9.04. The molecule has 0 atom stereocenters. The highest BCUT2D eigenvalue weighted by Gasteiger charge is 2.39. The molecule has 0 radical (unpaired) electrons. The molecule has 190 valence electrons. The summed E-state index contributed by atoms with van der Waals surface area (Å²) in [6, 6.07) is 27.3. The van der Waals surface area contributed by atoms with Crippen LogP contribution >= 0.6 is 0 Å². The standard InChI is InChI=1S/C35H38O2/c1-33(2,3)24-18-27(22-12-10-9-11-13-22)31-29(20-24)35(7,8)30-21-25(34(4,5)6)19-28(32(30)37-31)23-14-16-26(36)17-15-23/h9-21,36H,1-8H3. The lowest BCUT2D eigenvalue weighted by Crippen LogP contribution is -2.27. The molecule has 0 spiro atoms. The van der Waals surface area contributed by atoms with Crippen molar-refractivity contribution in [3.63, 3.8) is 0 Å². The molecule has 1 N–H and O–H groups in total. The fourth-order valence-electron chi connectivity index (χ4n) is 5.21. The predicted octanol–water partition coefficient (Wildman–Crippen LogP) is 9.75. The topological polar surface area (TPSA) is 29.5 Å². The lowest BCUT2D eigenvalue weighted by molar-refractivity contribution is 0.418. The van der Waals surface area contributed by atoms with Gasteiger partial charge in [0.2, 0.25) is 0 Å². The van der Waals surface area contributed by atoms with Crippen LogP contribution in [-0.2, 0) is 16.2 Å². The monoisotopic (exact) mass is 490 g/mol. The maximum absolute atomic E-state index is 9.96. The smallest absolute Gasteiger partial charge is 0.139 e. The van der Waals surface area contributed by atoms with Crippen molar-refractivity contribution in [1.29, 1.82) is 0 Å². The summed E-state index contributed by atoms with van der Waals surface area (Å²) < 4.78 is 6.99. The number of phenols is 1. The first-order valence-corrected chi connectivity index (χ1v) is 13.2. The van der Waals surface area contributed by atoms with Gasteiger partial charge in [-0.05, 0) is 57.3 Å². The first kappa shape index (κ1) is 25.1. The predicted molar refractivity (Wildman–Crippen MR) is 155 cm³/mol. The van der Waals surface area contributed by atoms with Gasteiger partial charge in [-0.3, -0.25) is 0 Å². The van der Waals surface area contributed by atoms with Gasteiger partial charge in [-0.15, -0.1) is 0 Å². The third-order valence-electron chi connectivity index (χ3n) is 7.72. The molecular weight excluding hydrogens is 452 g/mol. The van der Waals surface area contributed by atoms with Gasteiger partial charge in [0.15, 0.2) is 0 Å². The van der Waals surface area contributed by atoms with E-state index in [1.807, 2.05) is 12.1 Å². The van der Waals surface area contributed by atoms with E-state index >= 15 is 0 Å². The van der Waals surface area contributed by atoms with E-state index in [0.29, 0.717) is 0 Å². The Bertz CT molecular complexity index is 1460. The maximum atomic E-state index is 9.96. The Labute approximate surface area is 222 Å². The van der Waals surface area contributed by atoms with E-state index in [0.717, 1.165) is 33.8 Å². The average Bonchev–Trinajstić information content (AvgIpc) is 2.83. The van der Waals surface area contributed by atoms with E-state index < -0.39 is 0 Å². The molecule has 1 heterocycles. The first-order chi connectivity index (χ1) is 17.3. The highest BCUT2D eigenvalue weighted by atomic mass is 16.5. The molecule has 4 aromatic rings. The second-order valence-electron chi connectivity index (χ2n) is 12.9. The number of ether oxygens (including phenoxy) is 1. The Morgan fingerprint density at radius 1 is 0.595 bits per heavy atom. The van der Waals surface area contributed by atoms with Gasteiger partial charge >= 0.3 is 0 Å². The van der Waals surface area contributed by atoms with Gasteiger partial charge in [0.1, 0.15) is 17.2 Å². The maximum Gasteiger partial charge on any atom is 0.139 e. The summed E-state index contributed by atoms with van der Waals surface area (Å²) in [7, 11) is 0. The quantitative estimate of drug-likeness (QED) is 0.303. The summed E-state index contributed by atoms with van der Waals surface area (Å²) in [5, 5.41) is 9.96. The second-order valence-corrected chi connectivity index (χ2v) is 12.9. The molecule has 5 rings (SSSR count). The first-order valence-electron chi connectivity index (χ1n) is 13.2. The van der Waals surface area contributed by atoms with Gasteiger partial charge in [0, 0.05) is 27.7 Å². The van der Waals surface area contributed by atoms with E-state index in [-0.39, 0.29) is 22.0 Å². The van der Waals surface area contributed by atoms with E-state index in [4.69, 9.17) is 4.74 Å². The molecule has 1 aliphatic heterocycles. The molecule has 1 aliphatic rings. The van der Waals surface area contributed by atoms with Gasteiger partial charge in [-0.25, -0.2) is 0 Å². The van der Waals surface area contributed by atoms with Crippen molar-refractivity contribution < 1.29 is 9.84 Å². The van der Waals surface area contributed by atoms with Gasteiger partial charge < -0.3 is 9.84 Å². The van der Waals surface area contributed by atoms with Crippen molar-refractivity contribution in [2.24, 2.45) is 0 Å². The van der Waals surface area contributed by atoms with Crippen LogP contribution in [0.4, 0.5) is 0 Å². The molecule has 0 aromatic heterocycles. The van der Waals surface area contributed by atoms with Crippen molar-refractivity contribution in [1.82, 2.24) is 0 Å². The van der Waals surface area contributed by atoms with Gasteiger partial charge in [0.25, 0.3) is 0 Å². The Morgan fingerprint density at radius 3 is 1.46 bits per heavy atom. The number of rotatable bonds is 2. The van der Waals surface area contributed by atoms with Gasteiger partial charge in [0.05, 0.1) is 0 Å². The van der Waals surface area contributed by atoms with Crippen LogP contribution in [0.2, 0.25) is 0 Å². The van der Waals surface area contributed by atoms with E-state index in [9.17, 15) is 5.11 Å². The SMILES string of the molecule is CC(C)(C)c1cc(-c2ccccc2)c2c(c1)C(C)(C)c1cc(C(C)(C)C)cc(-c3ccc(O)cc3)c1O2. The minimum atomic E-state index is -0.277. The molecule has 0 saturated heterocycles. The highest BCUT2D eigenvalue weighted by Crippen LogP contribution is 2.56. The van der Waals surface area contributed by atoms with Gasteiger partial charge in [-0.1, -0.05) is 110 Å². The lowest BCUT2D eigenvalue weighted by Gasteiger charge is -2.39. The number of phenolic OH excluding ortho intramolecular Hbond substituents is 1. The lowest BCUT2D eigenvalue weighted by atomic mass is 9.70. The number of aromatic hydroxyl groups is 1. The van der Waals surface area contributed by atoms with E-state index in [1.165, 1.54) is 22.3 Å². The third-order valence-corrected chi connectivity index (χ3v) is 7.72. The fourth-order valence-corrected chi connectivity index (χ4v) is 5.21. The fraction of sp³-hybridized carbons (Fsp3) is 0.314. The van der Waals surface area contributed by atoms with Crippen LogP contribution < -0.4 is 4.74 Å². The molecule has 0 amide bonds. The molecular formula is C35H38O2. The Kier molecular flexibility index (Phi) is 5.79. The summed E-state index contributed by atoms with van der Waals surface area (Å²) >= 11 is 0. The van der Waals surface area contributed by atoms with Crippen LogP contribution in [0, 0.1) is 0 Å². The molecule has 4 aromatic carbocycles. The zero-order valence-corrected chi connectivity index (χ0v) is 23.4. The highest BCUT2D eigenvalue weighted by molar-refractivity contribution is 5.82. The summed E-state index contributed by atoms with van der Waals surface area (Å²) in [4.78, 5) is 0. The molecule has 0 saturated carbocycles. The van der Waals surface area contributed by atoms with Crippen molar-refractivity contribution in [3.05, 3.63) is 101 Å². The molecule has 2 nitrogen and oxygen atoms in total. The molecule has 37 heavy (non-hydrogen) atoms. The van der Waals surface area contributed by atoms with Crippen LogP contribution in [0.15, 0.2) is 78.9 Å². The molecule has 0 fully saturated rings. The van der Waals surface area contributed by atoms with Crippen LogP contribution in [0.3, 0.4) is 0 Å². The Balaban J connectivity index is 1.85. The summed E-state index contributed by atoms with van der Waals surface area (Å²) in [6.07, 6.45) is 0. The van der Waals surface area contributed by atoms with Crippen LogP contribution in [0.1, 0.15) is 77.6 Å². The van der Waals surface area contributed by atoms with Crippen LogP contribution in [0.25, 0.3) is 22.3 Å². The van der Waals surface area contributed by atoms with Crippen LogP contribution in [0.5, 0.6) is 17.2 Å². The van der Waals surface area contributed by atoms with E-state index in [2.05, 4.69) is 110 Å². The van der Waals surface area contributed by atoms with Crippen molar-refractivity contribution >= 4 is 0 Å². The normalized spacial score (nSPS) is 14.5. The van der Waals surface area contributed by atoms with Gasteiger partial charge in [-0.2, -0.15) is 0 Å². The minimum absolute atomic E-state index is 0.000619. The number of benzene rings is 4. The Hall–Kier alpha value is -3.52. The number of fused-ring (bicyclic) bond motifs is 2. The average molecular weight is 491 g/mol. The van der Waals surface area contributed by atoms with Crippen molar-refractivity contribution in [2.45, 2.75) is 71.6 Å². The molecule has 0 unspecified atom stereocenters. The zero-order chi connectivity index (χ0) is 26.8. The second kappa shape index (κ2) is 8.52. The summed E-state index contributed by atoms with van der Waals surface area (Å²) in [6.45, 7) is 18.2.